The summed E-state index contributed by atoms with van der Waals surface area (Å²) in [5.74, 6) is 1.78. The van der Waals surface area contributed by atoms with Crippen molar-refractivity contribution in [2.45, 2.75) is 44.7 Å². The van der Waals surface area contributed by atoms with Gasteiger partial charge in [-0.3, -0.25) is 9.67 Å². The second kappa shape index (κ2) is 9.86. The number of anilines is 1. The van der Waals surface area contributed by atoms with Gasteiger partial charge in [-0.1, -0.05) is 37.5 Å². The van der Waals surface area contributed by atoms with Gasteiger partial charge in [0.25, 0.3) is 0 Å². The first kappa shape index (κ1) is 21.2. The summed E-state index contributed by atoms with van der Waals surface area (Å²) in [4.78, 5) is 8.84. The Labute approximate surface area is 194 Å². The summed E-state index contributed by atoms with van der Waals surface area (Å²) in [6.07, 6.45) is 15.9. The van der Waals surface area contributed by atoms with Gasteiger partial charge in [0.15, 0.2) is 0 Å². The molecule has 0 aliphatic heterocycles. The number of hydrogen-bond donors (Lipinski definition) is 1. The fraction of sp³-hybridized carbons (Fsp3) is 0.296. The molecule has 4 aromatic rings. The van der Waals surface area contributed by atoms with Crippen molar-refractivity contribution in [3.05, 3.63) is 77.9 Å². The predicted octanol–water partition coefficient (Wildman–Crippen LogP) is 5.80. The molecule has 1 aliphatic carbocycles. The van der Waals surface area contributed by atoms with Crippen LogP contribution in [0.5, 0.6) is 5.75 Å². The number of nitrogens with zero attached hydrogens (tertiary/aromatic N) is 4. The van der Waals surface area contributed by atoms with Crippen LogP contribution in [-0.4, -0.2) is 32.9 Å². The number of fused-ring (bicyclic) bond motifs is 1. The molecule has 0 atom stereocenters. The minimum Gasteiger partial charge on any atom is -0.497 e. The molecule has 0 unspecified atom stereocenters. The van der Waals surface area contributed by atoms with Crippen molar-refractivity contribution in [2.24, 2.45) is 0 Å². The predicted molar refractivity (Wildman–Crippen MR) is 133 cm³/mol. The lowest BCUT2D eigenvalue weighted by molar-refractivity contribution is 0.414. The number of ether oxygens (including phenoxy) is 1. The van der Waals surface area contributed by atoms with E-state index in [9.17, 15) is 0 Å². The van der Waals surface area contributed by atoms with Gasteiger partial charge < -0.3 is 10.1 Å². The summed E-state index contributed by atoms with van der Waals surface area (Å²) in [6, 6.07) is 14.7. The van der Waals surface area contributed by atoms with Crippen LogP contribution in [0, 0.1) is 0 Å². The Hall–Kier alpha value is -3.67. The number of rotatable bonds is 7. The lowest BCUT2D eigenvalue weighted by Crippen LogP contribution is -2.22. The Morgan fingerprint density at radius 3 is 2.52 bits per heavy atom. The highest BCUT2D eigenvalue weighted by Gasteiger charge is 2.18. The van der Waals surface area contributed by atoms with E-state index in [0.29, 0.717) is 12.6 Å². The van der Waals surface area contributed by atoms with Crippen LogP contribution < -0.4 is 10.1 Å². The monoisotopic (exact) mass is 439 g/mol. The Bertz CT molecular complexity index is 1220. The molecule has 0 amide bonds. The Morgan fingerprint density at radius 2 is 1.76 bits per heavy atom. The van der Waals surface area contributed by atoms with Crippen LogP contribution in [0.1, 0.15) is 48.9 Å². The van der Waals surface area contributed by atoms with Crippen molar-refractivity contribution in [3.63, 3.8) is 0 Å². The molecule has 0 radical (unpaired) electrons. The van der Waals surface area contributed by atoms with Crippen LogP contribution in [0.3, 0.4) is 0 Å². The van der Waals surface area contributed by atoms with E-state index >= 15 is 0 Å². The van der Waals surface area contributed by atoms with Gasteiger partial charge >= 0.3 is 0 Å². The van der Waals surface area contributed by atoms with Gasteiger partial charge in [-0.05, 0) is 60.4 Å². The maximum Gasteiger partial charge on any atom is 0.137 e. The number of nitrogens with one attached hydrogen (secondary N) is 1. The highest BCUT2D eigenvalue weighted by molar-refractivity contribution is 5.97. The second-order valence-corrected chi connectivity index (χ2v) is 8.54. The SMILES string of the molecule is COc1ccc(Cn2nc(C=Cc3ccncc3)c3c(NC4CCCCC4)nccc32)cc1. The van der Waals surface area contributed by atoms with Crippen LogP contribution in [-0.2, 0) is 6.54 Å². The fourth-order valence-corrected chi connectivity index (χ4v) is 4.49. The molecule has 6 heteroatoms. The third-order valence-corrected chi connectivity index (χ3v) is 6.27. The molecule has 1 N–H and O–H groups in total. The van der Waals surface area contributed by atoms with E-state index in [1.54, 1.807) is 19.5 Å². The van der Waals surface area contributed by atoms with Crippen LogP contribution in [0.15, 0.2) is 61.1 Å². The zero-order valence-electron chi connectivity index (χ0n) is 18.9. The molecule has 1 aliphatic rings. The first-order chi connectivity index (χ1) is 16.3. The van der Waals surface area contributed by atoms with Crippen molar-refractivity contribution in [2.75, 3.05) is 12.4 Å². The molecule has 1 saturated carbocycles. The molecular formula is C27H29N5O. The van der Waals surface area contributed by atoms with E-state index in [4.69, 9.17) is 14.8 Å². The fourth-order valence-electron chi connectivity index (χ4n) is 4.49. The lowest BCUT2D eigenvalue weighted by atomic mass is 9.95. The number of aromatic nitrogens is 4. The van der Waals surface area contributed by atoms with Crippen molar-refractivity contribution in [3.8, 4) is 5.75 Å². The summed E-state index contributed by atoms with van der Waals surface area (Å²) in [5, 5.41) is 9.80. The van der Waals surface area contributed by atoms with Gasteiger partial charge in [-0.2, -0.15) is 5.10 Å². The van der Waals surface area contributed by atoms with E-state index in [2.05, 4.69) is 45.3 Å². The maximum absolute atomic E-state index is 5.30. The molecule has 3 aromatic heterocycles. The molecule has 5 rings (SSSR count). The zero-order chi connectivity index (χ0) is 22.5. The highest BCUT2D eigenvalue weighted by Crippen LogP contribution is 2.30. The van der Waals surface area contributed by atoms with Gasteiger partial charge in [0.2, 0.25) is 0 Å². The Kier molecular flexibility index (Phi) is 6.33. The second-order valence-electron chi connectivity index (χ2n) is 8.54. The van der Waals surface area contributed by atoms with E-state index < -0.39 is 0 Å². The third-order valence-electron chi connectivity index (χ3n) is 6.27. The molecule has 1 fully saturated rings. The van der Waals surface area contributed by atoms with Gasteiger partial charge in [-0.15, -0.1) is 0 Å². The molecular weight excluding hydrogens is 410 g/mol. The summed E-state index contributed by atoms with van der Waals surface area (Å²) in [6.45, 7) is 0.677. The normalized spacial score (nSPS) is 14.7. The zero-order valence-corrected chi connectivity index (χ0v) is 18.9. The molecule has 0 spiro atoms. The van der Waals surface area contributed by atoms with E-state index in [1.165, 1.54) is 37.7 Å². The molecule has 33 heavy (non-hydrogen) atoms. The highest BCUT2D eigenvalue weighted by atomic mass is 16.5. The lowest BCUT2D eigenvalue weighted by Gasteiger charge is -2.23. The largest absolute Gasteiger partial charge is 0.497 e. The quantitative estimate of drug-likeness (QED) is 0.394. The minimum atomic E-state index is 0.471. The van der Waals surface area contributed by atoms with Crippen molar-refractivity contribution in [1.82, 2.24) is 19.7 Å². The van der Waals surface area contributed by atoms with E-state index in [-0.39, 0.29) is 0 Å². The van der Waals surface area contributed by atoms with Crippen LogP contribution >= 0.6 is 0 Å². The van der Waals surface area contributed by atoms with Crippen LogP contribution in [0.2, 0.25) is 0 Å². The average Bonchev–Trinajstić information content (AvgIpc) is 3.23. The standard InChI is InChI=1S/C27H29N5O/c1-33-23-10-7-21(8-11-23)19-32-25-15-18-29-27(30-22-5-3-2-4-6-22)26(25)24(31-32)12-9-20-13-16-28-17-14-20/h7-18,22H,2-6,19H2,1H3,(H,29,30). The molecule has 6 nitrogen and oxygen atoms in total. The van der Waals surface area contributed by atoms with Gasteiger partial charge in [0.05, 0.1) is 30.3 Å². The topological polar surface area (TPSA) is 64.9 Å². The summed E-state index contributed by atoms with van der Waals surface area (Å²) in [5.41, 5.74) is 4.26. The minimum absolute atomic E-state index is 0.471. The number of benzene rings is 1. The van der Waals surface area contributed by atoms with Gasteiger partial charge in [0, 0.05) is 24.6 Å². The van der Waals surface area contributed by atoms with E-state index in [0.717, 1.165) is 33.7 Å². The number of hydrogen-bond acceptors (Lipinski definition) is 5. The maximum atomic E-state index is 5.30. The summed E-state index contributed by atoms with van der Waals surface area (Å²) in [7, 11) is 1.69. The van der Waals surface area contributed by atoms with Crippen molar-refractivity contribution in [1.29, 1.82) is 0 Å². The molecule has 0 saturated heterocycles. The molecule has 3 heterocycles. The average molecular weight is 440 g/mol. The van der Waals surface area contributed by atoms with Crippen molar-refractivity contribution < 1.29 is 4.74 Å². The van der Waals surface area contributed by atoms with Gasteiger partial charge in [0.1, 0.15) is 11.6 Å². The van der Waals surface area contributed by atoms with Gasteiger partial charge in [-0.25, -0.2) is 4.98 Å². The number of pyridine rings is 2. The molecule has 1 aromatic carbocycles. The van der Waals surface area contributed by atoms with E-state index in [1.807, 2.05) is 30.5 Å². The Morgan fingerprint density at radius 1 is 0.970 bits per heavy atom. The van der Waals surface area contributed by atoms with Crippen LogP contribution in [0.25, 0.3) is 23.1 Å². The summed E-state index contributed by atoms with van der Waals surface area (Å²) >= 11 is 0. The van der Waals surface area contributed by atoms with Crippen LogP contribution in [0.4, 0.5) is 5.82 Å². The molecule has 168 valence electrons. The Balaban J connectivity index is 1.53. The first-order valence-corrected chi connectivity index (χ1v) is 11.6. The third kappa shape index (κ3) is 4.90. The molecule has 0 bridgehead atoms. The van der Waals surface area contributed by atoms with Crippen molar-refractivity contribution >= 4 is 28.9 Å². The number of methoxy groups -OCH3 is 1. The smallest absolute Gasteiger partial charge is 0.137 e. The first-order valence-electron chi connectivity index (χ1n) is 11.6. The summed E-state index contributed by atoms with van der Waals surface area (Å²) < 4.78 is 7.37.